The zero-order valence-electron chi connectivity index (χ0n) is 77.7. The van der Waals surface area contributed by atoms with Crippen molar-refractivity contribution in [1.82, 2.24) is 0 Å². The number of ether oxygens (including phenoxy) is 3. The van der Waals surface area contributed by atoms with E-state index in [2.05, 4.69) is 392 Å². The van der Waals surface area contributed by atoms with Crippen molar-refractivity contribution in [2.45, 2.75) is 200 Å². The van der Waals surface area contributed by atoms with Gasteiger partial charge in [-0.25, -0.2) is 0 Å². The van der Waals surface area contributed by atoms with E-state index in [9.17, 15) is 76.6 Å². The van der Waals surface area contributed by atoms with Crippen LogP contribution in [0.4, 0.5) is 26.3 Å². The van der Waals surface area contributed by atoms with Crippen molar-refractivity contribution in [2.24, 2.45) is 51.8 Å². The maximum atomic E-state index is 13.3. The highest BCUT2D eigenvalue weighted by atomic mass is 32.2. The minimum absolute atomic E-state index is 0.0146. The second kappa shape index (κ2) is 49.6. The number of benzene rings is 12. The minimum Gasteiger partial charge on any atom is -0.691 e. The maximum Gasteiger partial charge on any atom is 0.354 e. The summed E-state index contributed by atoms with van der Waals surface area (Å²) >= 11 is -1.55. The summed E-state index contributed by atoms with van der Waals surface area (Å²) in [5, 5.41) is 58.1. The fraction of sp³-hybridized carbons (Fsp3) is 0.315. The number of aliphatic hydroxyl groups is 3. The molecule has 143 heavy (non-hydrogen) atoms. The van der Waals surface area contributed by atoms with Gasteiger partial charge in [0.25, 0.3) is 0 Å². The molecule has 0 aliphatic heterocycles. The summed E-state index contributed by atoms with van der Waals surface area (Å²) in [6.45, 7) is -3.69. The monoisotopic (exact) mass is 2080 g/mol. The van der Waals surface area contributed by atoms with Gasteiger partial charge in [0.05, 0.1) is 76.6 Å². The summed E-state index contributed by atoms with van der Waals surface area (Å²) in [7, 11) is -0.0585. The van der Waals surface area contributed by atoms with Crippen molar-refractivity contribution in [3.05, 3.63) is 364 Å². The first-order valence-corrected chi connectivity index (χ1v) is 54.0. The van der Waals surface area contributed by atoms with Crippen molar-refractivity contribution >= 4 is 103 Å². The summed E-state index contributed by atoms with van der Waals surface area (Å²) in [4.78, 5) is 65.4. The van der Waals surface area contributed by atoms with Gasteiger partial charge in [-0.2, -0.15) is 39.3 Å². The molecule has 0 saturated heterocycles. The third kappa shape index (κ3) is 28.8. The van der Waals surface area contributed by atoms with Crippen molar-refractivity contribution in [1.29, 1.82) is 0 Å². The number of carbonyl (C=O) groups is 4. The first-order chi connectivity index (χ1) is 69.0. The van der Waals surface area contributed by atoms with Gasteiger partial charge >= 0.3 is 33.7 Å². The van der Waals surface area contributed by atoms with Crippen LogP contribution >= 0.6 is 36.1 Å². The highest BCUT2D eigenvalue weighted by Crippen LogP contribution is 2.65. The molecular weight excluding hydrogens is 1980 g/mol. The standard InChI is InChI=1S/4C18H15S.C13H18F2O7S.C13H18F2O6S.C13H16F2O6S/c4*1-4-10-16(11-5-1)19(17-12-6-2-7-13-17)18-14-8-3-9-15-18;14-13(15,23-22-21-19)7-20-9(16)10-1-8-2-11(17,4-10)6-12(18,3-8)5-10;14-13(15,22-21-20-18)7-19-10(16)11-2-8-1-9(3-11)5-12(17,4-8)6-11;14-13(15,22-21-20-18)6-19-11(17)12-3-7-1-8(4-12)10(16)9(2-7)5-12/h4*1-15H;8,17-19H,1-7H2;8-9,17-18H,1-7H2;7-9,18H,1-6H2/q4*+1;;;/p-3. The highest BCUT2D eigenvalue weighted by molar-refractivity contribution is 7.98. The molecule has 0 heterocycles. The Morgan fingerprint density at radius 2 is 0.476 bits per heavy atom. The van der Waals surface area contributed by atoms with E-state index in [1.807, 2.05) is 0 Å². The van der Waals surface area contributed by atoms with Crippen molar-refractivity contribution < 1.29 is 119 Å². The van der Waals surface area contributed by atoms with E-state index in [4.69, 9.17) is 14.2 Å². The quantitative estimate of drug-likeness (QED) is 0.00717. The molecule has 12 saturated carbocycles. The predicted octanol–water partition coefficient (Wildman–Crippen LogP) is 22.3. The molecule has 12 bridgehead atoms. The molecule has 12 aromatic rings. The van der Waals surface area contributed by atoms with Gasteiger partial charge in [0, 0.05) is 18.3 Å². The molecule has 0 aromatic heterocycles. The second-order valence-electron chi connectivity index (χ2n) is 37.5. The van der Waals surface area contributed by atoms with Gasteiger partial charge < -0.3 is 45.3 Å². The molecule has 0 spiro atoms. The van der Waals surface area contributed by atoms with Crippen molar-refractivity contribution in [3.63, 3.8) is 0 Å². The molecule has 0 radical (unpaired) electrons. The molecule has 24 rings (SSSR count). The zero-order valence-corrected chi connectivity index (χ0v) is 83.5. The normalized spacial score (nSPS) is 24.2. The van der Waals surface area contributed by atoms with Crippen LogP contribution in [0.25, 0.3) is 0 Å². The lowest BCUT2D eigenvalue weighted by molar-refractivity contribution is -0.777. The van der Waals surface area contributed by atoms with Gasteiger partial charge in [-0.05, 0) is 272 Å². The molecular formula is C111H109F6O19S7+. The van der Waals surface area contributed by atoms with Crippen LogP contribution in [0.5, 0.6) is 0 Å². The van der Waals surface area contributed by atoms with Crippen LogP contribution in [-0.2, 0) is 105 Å². The number of ketones is 1. The van der Waals surface area contributed by atoms with Gasteiger partial charge in [-0.3, -0.25) is 34.3 Å². The third-order valence-electron chi connectivity index (χ3n) is 26.7. The molecule has 6 atom stereocenters. The lowest BCUT2D eigenvalue weighted by Crippen LogP contribution is -2.65. The number of hydrogen-bond donors (Lipinski definition) is 3. The molecule has 19 nitrogen and oxygen atoms in total. The van der Waals surface area contributed by atoms with Crippen LogP contribution in [0.2, 0.25) is 0 Å². The van der Waals surface area contributed by atoms with Crippen LogP contribution in [0.3, 0.4) is 0 Å². The van der Waals surface area contributed by atoms with Gasteiger partial charge in [-0.1, -0.05) is 218 Å². The molecule has 32 heteroatoms. The summed E-state index contributed by atoms with van der Waals surface area (Å²) < 4.78 is 105. The number of esters is 3. The van der Waals surface area contributed by atoms with Gasteiger partial charge in [0.1, 0.15) is 41.9 Å². The SMILES string of the molecule is O=C(OCC(F)(F)SOO[O-])C12CC3CC(CC(O)(C3)C1)C2.O=C(OCC(F)(F)SOO[O-])C12CC3CC(O)(CC(O)(C3)C1)C2.O=C1C2CC3CC1CC(C(=O)OCC(F)(F)SOO[O-])(C3)C2.c1ccc([S+](c2ccccc2)c2ccccc2)cc1.c1ccc([S+](c2ccccc2)c2ccccc2)cc1.c1ccc([S+](c2ccccc2)c2ccccc2)cc1.c1ccc([S+](c2ccccc2)c2ccccc2)cc1. The summed E-state index contributed by atoms with van der Waals surface area (Å²) in [6, 6.07) is 129. The van der Waals surface area contributed by atoms with E-state index in [-0.39, 0.29) is 105 Å². The fourth-order valence-corrected chi connectivity index (χ4v) is 31.6. The first-order valence-electron chi connectivity index (χ1n) is 46.9. The number of Topliss-reactive ketones (excluding diaryl/α,β-unsaturated/α-hetero) is 1. The average molecular weight is 2090 g/mol. The molecule has 3 N–H and O–H groups in total. The smallest absolute Gasteiger partial charge is 0.354 e. The number of hydrogen-bond acceptors (Lipinski definition) is 22. The highest BCUT2D eigenvalue weighted by Gasteiger charge is 2.67. The van der Waals surface area contributed by atoms with E-state index in [1.165, 1.54) is 58.7 Å². The second-order valence-corrected chi connectivity index (χ2v) is 48.3. The summed E-state index contributed by atoms with van der Waals surface area (Å²) in [5.74, 6) is -1.50. The Morgan fingerprint density at radius 1 is 0.273 bits per heavy atom. The molecule has 750 valence electrons. The Morgan fingerprint density at radius 3 is 0.699 bits per heavy atom. The predicted molar refractivity (Wildman–Crippen MR) is 530 cm³/mol. The molecule has 12 aliphatic carbocycles. The van der Waals surface area contributed by atoms with E-state index in [0.717, 1.165) is 19.3 Å². The number of alkyl halides is 6. The molecule has 0 amide bonds. The Balaban J connectivity index is 0.000000126. The van der Waals surface area contributed by atoms with Crippen molar-refractivity contribution in [3.8, 4) is 0 Å². The Kier molecular flexibility index (Phi) is 37.3. The first kappa shape index (κ1) is 108. The fourth-order valence-electron chi connectivity index (χ4n) is 22.5. The third-order valence-corrected chi connectivity index (χ3v) is 37.1. The van der Waals surface area contributed by atoms with Crippen molar-refractivity contribution in [2.75, 3.05) is 19.8 Å². The summed E-state index contributed by atoms with van der Waals surface area (Å²) in [5.41, 5.74) is -5.95. The van der Waals surface area contributed by atoms with E-state index in [1.54, 1.807) is 0 Å². The van der Waals surface area contributed by atoms with E-state index >= 15 is 0 Å². The topological polar surface area (TPSA) is 281 Å². The Hall–Kier alpha value is -9.73. The minimum atomic E-state index is -3.64. The van der Waals surface area contributed by atoms with E-state index in [0.29, 0.717) is 70.1 Å². The Labute approximate surface area is 852 Å². The van der Waals surface area contributed by atoms with Crippen LogP contribution in [0.1, 0.15) is 109 Å². The van der Waals surface area contributed by atoms with Crippen LogP contribution in [0, 0.1) is 51.8 Å². The number of halogens is 6. The van der Waals surface area contributed by atoms with Crippen LogP contribution in [-0.4, -0.2) is 91.4 Å². The Bertz CT molecular complexity index is 5090. The van der Waals surface area contributed by atoms with E-state index < -0.39 is 123 Å². The molecule has 12 aromatic carbocycles. The number of rotatable bonds is 30. The lowest BCUT2D eigenvalue weighted by Gasteiger charge is -2.61. The zero-order chi connectivity index (χ0) is 101. The average Bonchev–Trinajstić information content (AvgIpc) is 0.704. The van der Waals surface area contributed by atoms with Gasteiger partial charge in [0.2, 0.25) is 0 Å². The molecule has 6 unspecified atom stereocenters. The summed E-state index contributed by atoms with van der Waals surface area (Å²) in [6.07, 6.45) is 8.63. The van der Waals surface area contributed by atoms with Crippen LogP contribution < -0.4 is 15.8 Å². The molecule has 12 fully saturated rings. The lowest BCUT2D eigenvalue weighted by atomic mass is 9.46. The van der Waals surface area contributed by atoms with Crippen LogP contribution in [0.15, 0.2) is 423 Å². The van der Waals surface area contributed by atoms with Gasteiger partial charge in [0.15, 0.2) is 78.6 Å². The molecule has 12 aliphatic rings. The number of carbonyl (C=O) groups excluding carboxylic acids is 4. The van der Waals surface area contributed by atoms with Gasteiger partial charge in [-0.15, -0.1) is 0 Å². The largest absolute Gasteiger partial charge is 0.691 e. The maximum absolute atomic E-state index is 13.3.